The summed E-state index contributed by atoms with van der Waals surface area (Å²) in [5.74, 6) is -0.397. The van der Waals surface area contributed by atoms with Crippen LogP contribution in [0.2, 0.25) is 0 Å². The topological polar surface area (TPSA) is 63.7 Å². The van der Waals surface area contributed by atoms with Crippen LogP contribution in [0.4, 0.5) is 4.39 Å². The van der Waals surface area contributed by atoms with Crippen LogP contribution in [0.1, 0.15) is 28.8 Å². The van der Waals surface area contributed by atoms with Crippen LogP contribution in [-0.4, -0.2) is 25.3 Å². The molecule has 0 heterocycles. The summed E-state index contributed by atoms with van der Waals surface area (Å²) in [6.07, 6.45) is 1.93. The van der Waals surface area contributed by atoms with E-state index in [1.807, 2.05) is 47.4 Å². The van der Waals surface area contributed by atoms with Crippen LogP contribution in [0.3, 0.4) is 0 Å². The molecular formula is C27H22FNO4S. The first-order valence-corrected chi connectivity index (χ1v) is 12.4. The van der Waals surface area contributed by atoms with Crippen LogP contribution < -0.4 is 4.18 Å². The molecule has 0 radical (unpaired) electrons. The van der Waals surface area contributed by atoms with Crippen molar-refractivity contribution in [1.82, 2.24) is 4.90 Å². The van der Waals surface area contributed by atoms with E-state index in [2.05, 4.69) is 0 Å². The molecule has 0 aliphatic heterocycles. The van der Waals surface area contributed by atoms with Crippen molar-refractivity contribution in [3.8, 4) is 5.75 Å². The van der Waals surface area contributed by atoms with Crippen LogP contribution in [0.25, 0.3) is 10.8 Å². The van der Waals surface area contributed by atoms with Crippen molar-refractivity contribution in [2.24, 2.45) is 0 Å². The predicted molar refractivity (Wildman–Crippen MR) is 127 cm³/mol. The molecule has 5 rings (SSSR count). The number of amides is 1. The molecule has 4 aromatic carbocycles. The van der Waals surface area contributed by atoms with E-state index in [4.69, 9.17) is 4.18 Å². The Morgan fingerprint density at radius 2 is 1.56 bits per heavy atom. The number of nitrogens with zero attached hydrogens (tertiary/aromatic N) is 1. The molecule has 7 heteroatoms. The van der Waals surface area contributed by atoms with Gasteiger partial charge in [-0.3, -0.25) is 4.79 Å². The molecule has 1 fully saturated rings. The highest BCUT2D eigenvalue weighted by molar-refractivity contribution is 7.87. The Balaban J connectivity index is 1.34. The van der Waals surface area contributed by atoms with Gasteiger partial charge < -0.3 is 9.08 Å². The first kappa shape index (κ1) is 22.1. The number of benzene rings is 4. The van der Waals surface area contributed by atoms with Gasteiger partial charge in [-0.1, -0.05) is 48.5 Å². The van der Waals surface area contributed by atoms with Gasteiger partial charge in [0.25, 0.3) is 5.91 Å². The van der Waals surface area contributed by atoms with Crippen LogP contribution in [0.5, 0.6) is 5.75 Å². The number of carbonyl (C=O) groups excluding carboxylic acids is 1. The molecule has 0 N–H and O–H groups in total. The van der Waals surface area contributed by atoms with Crippen LogP contribution in [0, 0.1) is 5.82 Å². The molecule has 5 nitrogen and oxygen atoms in total. The fraction of sp³-hybridized carbons (Fsp3) is 0.148. The fourth-order valence-electron chi connectivity index (χ4n) is 3.94. The van der Waals surface area contributed by atoms with Gasteiger partial charge in [0.05, 0.1) is 0 Å². The second-order valence-electron chi connectivity index (χ2n) is 8.33. The Hall–Kier alpha value is -3.71. The lowest BCUT2D eigenvalue weighted by molar-refractivity contribution is 0.0732. The number of hydrogen-bond donors (Lipinski definition) is 0. The van der Waals surface area contributed by atoms with Crippen molar-refractivity contribution in [2.75, 3.05) is 0 Å². The van der Waals surface area contributed by atoms with Crippen molar-refractivity contribution in [3.63, 3.8) is 0 Å². The molecule has 4 aromatic rings. The minimum Gasteiger partial charge on any atom is -0.379 e. The lowest BCUT2D eigenvalue weighted by Crippen LogP contribution is -2.32. The van der Waals surface area contributed by atoms with Gasteiger partial charge in [0.1, 0.15) is 16.5 Å². The summed E-state index contributed by atoms with van der Waals surface area (Å²) in [7, 11) is -4.07. The summed E-state index contributed by atoms with van der Waals surface area (Å²) >= 11 is 0. The molecule has 1 aliphatic carbocycles. The first-order chi connectivity index (χ1) is 16.4. The molecule has 1 saturated carbocycles. The molecule has 0 atom stereocenters. The summed E-state index contributed by atoms with van der Waals surface area (Å²) in [5, 5.41) is 1.95. The fourth-order valence-corrected chi connectivity index (χ4v) is 4.87. The number of rotatable bonds is 7. The van der Waals surface area contributed by atoms with Crippen molar-refractivity contribution in [1.29, 1.82) is 0 Å². The molecule has 0 spiro atoms. The first-order valence-electron chi connectivity index (χ1n) is 11.0. The normalized spacial score (nSPS) is 13.6. The number of hydrogen-bond acceptors (Lipinski definition) is 4. The zero-order valence-electron chi connectivity index (χ0n) is 18.2. The largest absolute Gasteiger partial charge is 0.379 e. The van der Waals surface area contributed by atoms with E-state index < -0.39 is 15.9 Å². The van der Waals surface area contributed by atoms with Crippen LogP contribution >= 0.6 is 0 Å². The lowest BCUT2D eigenvalue weighted by Gasteiger charge is -2.23. The Bertz CT molecular complexity index is 1440. The number of fused-ring (bicyclic) bond motifs is 1. The van der Waals surface area contributed by atoms with Gasteiger partial charge in [-0.05, 0) is 71.6 Å². The Kier molecular flexibility index (Phi) is 5.79. The third-order valence-corrected chi connectivity index (χ3v) is 7.11. The second kappa shape index (κ2) is 8.91. The van der Waals surface area contributed by atoms with E-state index in [9.17, 15) is 17.6 Å². The maximum absolute atomic E-state index is 13.5. The predicted octanol–water partition coefficient (Wildman–Crippen LogP) is 5.55. The van der Waals surface area contributed by atoms with Gasteiger partial charge in [-0.2, -0.15) is 8.42 Å². The average molecular weight is 476 g/mol. The van der Waals surface area contributed by atoms with E-state index in [1.165, 1.54) is 0 Å². The summed E-state index contributed by atoms with van der Waals surface area (Å²) in [6, 6.07) is 24.9. The highest BCUT2D eigenvalue weighted by Crippen LogP contribution is 2.32. The van der Waals surface area contributed by atoms with Crippen molar-refractivity contribution in [2.45, 2.75) is 30.3 Å². The quantitative estimate of drug-likeness (QED) is 0.329. The molecule has 34 heavy (non-hydrogen) atoms. The zero-order chi connectivity index (χ0) is 23.7. The summed E-state index contributed by atoms with van der Waals surface area (Å²) < 4.78 is 43.1. The van der Waals surface area contributed by atoms with E-state index >= 15 is 0 Å². The van der Waals surface area contributed by atoms with E-state index in [0.717, 1.165) is 53.4 Å². The van der Waals surface area contributed by atoms with Crippen LogP contribution in [0.15, 0.2) is 95.9 Å². The minimum atomic E-state index is -4.07. The number of halogens is 1. The summed E-state index contributed by atoms with van der Waals surface area (Å²) in [4.78, 5) is 15.2. The lowest BCUT2D eigenvalue weighted by atomic mass is 10.0. The smallest absolute Gasteiger partial charge is 0.339 e. The van der Waals surface area contributed by atoms with Gasteiger partial charge in [0.15, 0.2) is 0 Å². The van der Waals surface area contributed by atoms with Gasteiger partial charge in [-0.15, -0.1) is 0 Å². The van der Waals surface area contributed by atoms with Crippen molar-refractivity contribution in [3.05, 3.63) is 108 Å². The van der Waals surface area contributed by atoms with Gasteiger partial charge >= 0.3 is 10.1 Å². The molecule has 0 aromatic heterocycles. The molecular weight excluding hydrogens is 453 g/mol. The van der Waals surface area contributed by atoms with Gasteiger partial charge in [-0.25, -0.2) is 4.39 Å². The summed E-state index contributed by atoms with van der Waals surface area (Å²) in [6.45, 7) is 0.414. The molecule has 172 valence electrons. The van der Waals surface area contributed by atoms with E-state index in [1.54, 1.807) is 24.3 Å². The SMILES string of the molecule is O=C(c1cccc2ccccc12)N(Cc1ccc(OS(=O)(=O)c2ccc(F)cc2)cc1)C1CC1. The second-order valence-corrected chi connectivity index (χ2v) is 9.87. The monoisotopic (exact) mass is 475 g/mol. The molecule has 0 bridgehead atoms. The Morgan fingerprint density at radius 3 is 2.26 bits per heavy atom. The molecule has 0 unspecified atom stereocenters. The highest BCUT2D eigenvalue weighted by Gasteiger charge is 2.33. The van der Waals surface area contributed by atoms with Crippen LogP contribution in [-0.2, 0) is 16.7 Å². The standard InChI is InChI=1S/C27H22FNO4S/c28-21-10-16-24(17-11-21)34(31,32)33-23-14-8-19(9-15-23)18-29(22-12-13-22)27(30)26-7-3-5-20-4-1-2-6-25(20)26/h1-11,14-17,22H,12-13,18H2. The van der Waals surface area contributed by atoms with E-state index in [0.29, 0.717) is 12.1 Å². The highest BCUT2D eigenvalue weighted by atomic mass is 32.2. The maximum atomic E-state index is 13.5. The molecule has 0 saturated heterocycles. The summed E-state index contributed by atoms with van der Waals surface area (Å²) in [5.41, 5.74) is 1.54. The minimum absolute atomic E-state index is 0.0153. The van der Waals surface area contributed by atoms with Gasteiger partial charge in [0.2, 0.25) is 0 Å². The Morgan fingerprint density at radius 1 is 0.882 bits per heavy atom. The third kappa shape index (κ3) is 4.65. The Labute approximate surface area is 197 Å². The van der Waals surface area contributed by atoms with Crippen molar-refractivity contribution < 1.29 is 21.8 Å². The maximum Gasteiger partial charge on any atom is 0.339 e. The molecule has 1 amide bonds. The zero-order valence-corrected chi connectivity index (χ0v) is 19.0. The molecule has 1 aliphatic rings. The third-order valence-electron chi connectivity index (χ3n) is 5.85. The van der Waals surface area contributed by atoms with E-state index in [-0.39, 0.29) is 22.6 Å². The average Bonchev–Trinajstić information content (AvgIpc) is 3.68. The number of carbonyl (C=O) groups is 1. The van der Waals surface area contributed by atoms with Gasteiger partial charge in [0, 0.05) is 18.2 Å². The van der Waals surface area contributed by atoms with Crippen molar-refractivity contribution >= 4 is 26.8 Å².